The minimum Gasteiger partial charge on any atom is -0.476 e. The van der Waals surface area contributed by atoms with Crippen molar-refractivity contribution in [3.63, 3.8) is 0 Å². The van der Waals surface area contributed by atoms with E-state index in [-0.39, 0.29) is 24.8 Å². The molecule has 2 aromatic rings. The lowest BCUT2D eigenvalue weighted by atomic mass is 10.0. The fourth-order valence-electron chi connectivity index (χ4n) is 3.45. The number of fused-ring (bicyclic) bond motifs is 1. The van der Waals surface area contributed by atoms with Crippen molar-refractivity contribution < 1.29 is 23.9 Å². The SMILES string of the molecule is CCCCOC(=O)c1cccc(NC(=O)CCN2C(=O)C(C)(C)Oc3ccc(C)cc32)c1. The van der Waals surface area contributed by atoms with Crippen LogP contribution in [0.25, 0.3) is 0 Å². The normalized spacial score (nSPS) is 14.4. The van der Waals surface area contributed by atoms with Gasteiger partial charge in [-0.3, -0.25) is 9.59 Å². The third kappa shape index (κ3) is 5.46. The Bertz CT molecular complexity index is 1020. The molecule has 0 aromatic heterocycles. The molecule has 0 bridgehead atoms. The van der Waals surface area contributed by atoms with Gasteiger partial charge in [0, 0.05) is 18.7 Å². The van der Waals surface area contributed by atoms with Gasteiger partial charge in [0.15, 0.2) is 5.60 Å². The minimum absolute atomic E-state index is 0.0976. The monoisotopic (exact) mass is 438 g/mol. The largest absolute Gasteiger partial charge is 0.476 e. The number of unbranched alkanes of at least 4 members (excludes halogenated alkanes) is 1. The third-order valence-electron chi connectivity index (χ3n) is 5.21. The lowest BCUT2D eigenvalue weighted by Gasteiger charge is -2.38. The fraction of sp³-hybridized carbons (Fsp3) is 0.400. The highest BCUT2D eigenvalue weighted by molar-refractivity contribution is 6.03. The number of nitrogens with zero attached hydrogens (tertiary/aromatic N) is 1. The first-order valence-electron chi connectivity index (χ1n) is 10.9. The second-order valence-electron chi connectivity index (χ2n) is 8.41. The first kappa shape index (κ1) is 23.3. The van der Waals surface area contributed by atoms with Crippen molar-refractivity contribution in [3.8, 4) is 5.75 Å². The lowest BCUT2D eigenvalue weighted by molar-refractivity contribution is -0.132. The van der Waals surface area contributed by atoms with Gasteiger partial charge in [-0.05, 0) is 63.1 Å². The molecule has 0 unspecified atom stereocenters. The van der Waals surface area contributed by atoms with E-state index in [9.17, 15) is 14.4 Å². The number of ether oxygens (including phenoxy) is 2. The molecule has 3 rings (SSSR count). The average Bonchev–Trinajstić information content (AvgIpc) is 2.75. The maximum atomic E-state index is 12.9. The molecule has 2 amide bonds. The molecule has 7 nitrogen and oxygen atoms in total. The first-order chi connectivity index (χ1) is 15.2. The Morgan fingerprint density at radius 1 is 1.16 bits per heavy atom. The van der Waals surface area contributed by atoms with Gasteiger partial charge in [-0.2, -0.15) is 0 Å². The van der Waals surface area contributed by atoms with Crippen LogP contribution in [-0.4, -0.2) is 36.5 Å². The second kappa shape index (κ2) is 9.85. The van der Waals surface area contributed by atoms with E-state index in [4.69, 9.17) is 9.47 Å². The Balaban J connectivity index is 1.65. The highest BCUT2D eigenvalue weighted by Gasteiger charge is 2.40. The van der Waals surface area contributed by atoms with Crippen LogP contribution in [0.1, 0.15) is 56.0 Å². The van der Waals surface area contributed by atoms with Crippen molar-refractivity contribution in [2.45, 2.75) is 52.6 Å². The number of carbonyl (C=O) groups excluding carboxylic acids is 3. The van der Waals surface area contributed by atoms with Crippen molar-refractivity contribution in [1.29, 1.82) is 0 Å². The average molecular weight is 439 g/mol. The van der Waals surface area contributed by atoms with Crippen LogP contribution in [0.5, 0.6) is 5.75 Å². The van der Waals surface area contributed by atoms with Gasteiger partial charge in [-0.25, -0.2) is 4.79 Å². The van der Waals surface area contributed by atoms with Crippen LogP contribution in [0.15, 0.2) is 42.5 Å². The molecule has 32 heavy (non-hydrogen) atoms. The van der Waals surface area contributed by atoms with Crippen LogP contribution >= 0.6 is 0 Å². The number of aryl methyl sites for hydroxylation is 1. The van der Waals surface area contributed by atoms with E-state index in [2.05, 4.69) is 5.32 Å². The Morgan fingerprint density at radius 2 is 1.94 bits per heavy atom. The van der Waals surface area contributed by atoms with Gasteiger partial charge < -0.3 is 19.7 Å². The number of benzene rings is 2. The lowest BCUT2D eigenvalue weighted by Crippen LogP contribution is -2.53. The second-order valence-corrected chi connectivity index (χ2v) is 8.41. The molecule has 0 spiro atoms. The zero-order valence-corrected chi connectivity index (χ0v) is 19.1. The summed E-state index contributed by atoms with van der Waals surface area (Å²) in [5.41, 5.74) is 1.54. The third-order valence-corrected chi connectivity index (χ3v) is 5.21. The summed E-state index contributed by atoms with van der Waals surface area (Å²) in [4.78, 5) is 39.3. The Kier molecular flexibility index (Phi) is 7.18. The minimum atomic E-state index is -1.01. The molecule has 0 atom stereocenters. The Morgan fingerprint density at radius 3 is 2.69 bits per heavy atom. The summed E-state index contributed by atoms with van der Waals surface area (Å²) in [5, 5.41) is 2.80. The Labute approximate surface area is 188 Å². The van der Waals surface area contributed by atoms with Crippen molar-refractivity contribution >= 4 is 29.2 Å². The van der Waals surface area contributed by atoms with Gasteiger partial charge in [0.2, 0.25) is 5.91 Å². The van der Waals surface area contributed by atoms with Crippen LogP contribution in [0.4, 0.5) is 11.4 Å². The van der Waals surface area contributed by atoms with Gasteiger partial charge in [0.25, 0.3) is 5.91 Å². The topological polar surface area (TPSA) is 84.9 Å². The first-order valence-corrected chi connectivity index (χ1v) is 10.9. The molecule has 0 saturated carbocycles. The molecule has 170 valence electrons. The van der Waals surface area contributed by atoms with Gasteiger partial charge >= 0.3 is 5.97 Å². The standard InChI is InChI=1S/C25H30N2O5/c1-5-6-14-31-23(29)18-8-7-9-19(16-18)26-22(28)12-13-27-20-15-17(2)10-11-21(20)32-25(3,4)24(27)30/h7-11,15-16H,5-6,12-14H2,1-4H3,(H,26,28). The number of nitrogens with one attached hydrogen (secondary N) is 1. The van der Waals surface area contributed by atoms with Crippen molar-refractivity contribution in [3.05, 3.63) is 53.6 Å². The highest BCUT2D eigenvalue weighted by Crippen LogP contribution is 2.38. The van der Waals surface area contributed by atoms with E-state index in [1.165, 1.54) is 0 Å². The van der Waals surface area contributed by atoms with Crippen LogP contribution in [0, 0.1) is 6.92 Å². The summed E-state index contributed by atoms with van der Waals surface area (Å²) in [5.74, 6) is -0.245. The van der Waals surface area contributed by atoms with Crippen molar-refractivity contribution in [1.82, 2.24) is 0 Å². The van der Waals surface area contributed by atoms with Crippen LogP contribution < -0.4 is 15.0 Å². The van der Waals surface area contributed by atoms with E-state index in [0.29, 0.717) is 29.3 Å². The summed E-state index contributed by atoms with van der Waals surface area (Å²) in [6.07, 6.45) is 1.85. The molecule has 0 radical (unpaired) electrons. The van der Waals surface area contributed by atoms with Gasteiger partial charge in [-0.15, -0.1) is 0 Å². The number of esters is 1. The number of rotatable bonds is 8. The fourth-order valence-corrected chi connectivity index (χ4v) is 3.45. The summed E-state index contributed by atoms with van der Waals surface area (Å²) in [6, 6.07) is 12.3. The molecule has 0 aliphatic carbocycles. The molecular weight excluding hydrogens is 408 g/mol. The van der Waals surface area contributed by atoms with Crippen molar-refractivity contribution in [2.24, 2.45) is 0 Å². The molecule has 1 aliphatic heterocycles. The number of hydrogen-bond donors (Lipinski definition) is 1. The summed E-state index contributed by atoms with van der Waals surface area (Å²) in [7, 11) is 0. The van der Waals surface area contributed by atoms with Gasteiger partial charge in [0.1, 0.15) is 5.75 Å². The quantitative estimate of drug-likeness (QED) is 0.485. The summed E-state index contributed by atoms with van der Waals surface area (Å²) in [6.45, 7) is 7.99. The molecule has 2 aromatic carbocycles. The van der Waals surface area contributed by atoms with Gasteiger partial charge in [-0.1, -0.05) is 25.5 Å². The predicted molar refractivity (Wildman–Crippen MR) is 123 cm³/mol. The van der Waals surface area contributed by atoms with Gasteiger partial charge in [0.05, 0.1) is 17.9 Å². The molecule has 7 heteroatoms. The number of carbonyl (C=O) groups is 3. The van der Waals surface area contributed by atoms with Crippen molar-refractivity contribution in [2.75, 3.05) is 23.4 Å². The molecular formula is C25H30N2O5. The zero-order valence-electron chi connectivity index (χ0n) is 19.1. The maximum absolute atomic E-state index is 12.9. The molecule has 0 saturated heterocycles. The number of hydrogen-bond acceptors (Lipinski definition) is 5. The van der Waals surface area contributed by atoms with Crippen LogP contribution in [0.2, 0.25) is 0 Å². The maximum Gasteiger partial charge on any atom is 0.338 e. The van der Waals surface area contributed by atoms with E-state index < -0.39 is 11.6 Å². The predicted octanol–water partition coefficient (Wildman–Crippen LogP) is 4.48. The molecule has 1 aliphatic rings. The molecule has 1 N–H and O–H groups in total. The van der Waals surface area contributed by atoms with E-state index in [1.54, 1.807) is 43.0 Å². The zero-order chi connectivity index (χ0) is 23.3. The molecule has 1 heterocycles. The smallest absolute Gasteiger partial charge is 0.338 e. The van der Waals surface area contributed by atoms with E-state index in [1.807, 2.05) is 32.0 Å². The Hall–Kier alpha value is -3.35. The van der Waals surface area contributed by atoms with E-state index in [0.717, 1.165) is 18.4 Å². The summed E-state index contributed by atoms with van der Waals surface area (Å²) < 4.78 is 11.1. The highest BCUT2D eigenvalue weighted by atomic mass is 16.5. The van der Waals surface area contributed by atoms with Crippen LogP contribution in [0.3, 0.4) is 0 Å². The van der Waals surface area contributed by atoms with E-state index >= 15 is 0 Å². The number of amides is 2. The summed E-state index contributed by atoms with van der Waals surface area (Å²) >= 11 is 0. The van der Waals surface area contributed by atoms with Crippen LogP contribution in [-0.2, 0) is 14.3 Å². The molecule has 0 fully saturated rings. The number of anilines is 2.